The topological polar surface area (TPSA) is 42.0 Å². The zero-order chi connectivity index (χ0) is 17.9. The van der Waals surface area contributed by atoms with Crippen molar-refractivity contribution >= 4 is 11.6 Å². The lowest BCUT2D eigenvalue weighted by Gasteiger charge is -2.58. The average Bonchev–Trinajstić information content (AvgIpc) is 3.15. The molecule has 0 aromatic heterocycles. The number of fused-ring (bicyclic) bond motifs is 2. The fourth-order valence-electron chi connectivity index (χ4n) is 7.66. The number of carbonyl (C=O) groups is 1. The SMILES string of the molecule is COc1ccc2c(c1)[C@@]13CCN4CC5=CCO[C@H]6CC(=O)N2[C@H]1[C@H]6[C@H]5C[C@@H]43. The number of hydrogen-bond donors (Lipinski definition) is 0. The van der Waals surface area contributed by atoms with Crippen LogP contribution in [0.25, 0.3) is 0 Å². The van der Waals surface area contributed by atoms with Crippen LogP contribution in [0.15, 0.2) is 29.8 Å². The monoisotopic (exact) mass is 364 g/mol. The summed E-state index contributed by atoms with van der Waals surface area (Å²) in [4.78, 5) is 18.2. The first-order chi connectivity index (χ1) is 13.2. The van der Waals surface area contributed by atoms with E-state index in [1.54, 1.807) is 12.7 Å². The molecule has 0 unspecified atom stereocenters. The molecule has 5 heteroatoms. The van der Waals surface area contributed by atoms with Crippen molar-refractivity contribution in [3.8, 4) is 5.75 Å². The van der Waals surface area contributed by atoms with Gasteiger partial charge in [-0.05, 0) is 49.1 Å². The molecule has 27 heavy (non-hydrogen) atoms. The Bertz CT molecular complexity index is 911. The minimum atomic E-state index is 0.0403. The van der Waals surface area contributed by atoms with E-state index in [2.05, 4.69) is 28.0 Å². The van der Waals surface area contributed by atoms with Gasteiger partial charge in [0.25, 0.3) is 0 Å². The number of ether oxygens (including phenoxy) is 2. The van der Waals surface area contributed by atoms with Gasteiger partial charge in [0.1, 0.15) is 5.75 Å². The summed E-state index contributed by atoms with van der Waals surface area (Å²) < 4.78 is 11.9. The van der Waals surface area contributed by atoms with Gasteiger partial charge >= 0.3 is 0 Å². The van der Waals surface area contributed by atoms with Crippen LogP contribution in [0.1, 0.15) is 24.8 Å². The van der Waals surface area contributed by atoms with Crippen molar-refractivity contribution in [2.75, 3.05) is 31.7 Å². The van der Waals surface area contributed by atoms with Gasteiger partial charge in [-0.3, -0.25) is 9.69 Å². The molecule has 5 nitrogen and oxygen atoms in total. The number of amides is 1. The van der Waals surface area contributed by atoms with E-state index in [-0.39, 0.29) is 23.5 Å². The Morgan fingerprint density at radius 1 is 1.33 bits per heavy atom. The van der Waals surface area contributed by atoms with E-state index in [0.717, 1.165) is 30.9 Å². The number of benzene rings is 1. The summed E-state index contributed by atoms with van der Waals surface area (Å²) in [5.41, 5.74) is 4.09. The molecule has 1 spiro atoms. The van der Waals surface area contributed by atoms with E-state index >= 15 is 0 Å². The largest absolute Gasteiger partial charge is 0.497 e. The highest BCUT2D eigenvalue weighted by molar-refractivity contribution is 5.99. The first-order valence-corrected chi connectivity index (χ1v) is 10.3. The number of hydrogen-bond acceptors (Lipinski definition) is 4. The van der Waals surface area contributed by atoms with Crippen LogP contribution in [0.5, 0.6) is 5.75 Å². The normalized spacial score (nSPS) is 43.3. The van der Waals surface area contributed by atoms with Crippen molar-refractivity contribution in [1.82, 2.24) is 4.90 Å². The van der Waals surface area contributed by atoms with E-state index in [4.69, 9.17) is 9.47 Å². The van der Waals surface area contributed by atoms with Gasteiger partial charge in [-0.2, -0.15) is 0 Å². The van der Waals surface area contributed by atoms with Crippen LogP contribution < -0.4 is 9.64 Å². The third kappa shape index (κ3) is 1.56. The molecule has 1 aromatic rings. The summed E-state index contributed by atoms with van der Waals surface area (Å²) in [6, 6.07) is 7.13. The van der Waals surface area contributed by atoms with Crippen molar-refractivity contribution < 1.29 is 14.3 Å². The number of carbonyl (C=O) groups excluding carboxylic acids is 1. The molecular formula is C22H24N2O3. The lowest BCUT2D eigenvalue weighted by atomic mass is 9.53. The second-order valence-electron chi connectivity index (χ2n) is 9.14. The third-order valence-electron chi connectivity index (χ3n) is 8.52. The molecule has 2 bridgehead atoms. The molecule has 5 aliphatic heterocycles. The molecule has 1 aliphatic carbocycles. The predicted octanol–water partition coefficient (Wildman–Crippen LogP) is 2.10. The summed E-state index contributed by atoms with van der Waals surface area (Å²) >= 11 is 0. The van der Waals surface area contributed by atoms with Gasteiger partial charge in [0.15, 0.2) is 0 Å². The lowest BCUT2D eigenvalue weighted by molar-refractivity contribution is -0.132. The zero-order valence-corrected chi connectivity index (χ0v) is 15.6. The molecule has 6 atom stereocenters. The van der Waals surface area contributed by atoms with Gasteiger partial charge in [0.05, 0.1) is 32.3 Å². The molecule has 3 saturated heterocycles. The van der Waals surface area contributed by atoms with E-state index < -0.39 is 0 Å². The van der Waals surface area contributed by atoms with Crippen LogP contribution in [-0.2, 0) is 14.9 Å². The van der Waals surface area contributed by atoms with Crippen LogP contribution >= 0.6 is 0 Å². The van der Waals surface area contributed by atoms with Crippen molar-refractivity contribution in [2.45, 2.75) is 42.9 Å². The molecule has 5 heterocycles. The highest BCUT2D eigenvalue weighted by Gasteiger charge is 2.71. The Balaban J connectivity index is 1.53. The molecule has 1 amide bonds. The average molecular weight is 364 g/mol. The van der Waals surface area contributed by atoms with Crippen LogP contribution in [0.3, 0.4) is 0 Å². The fraction of sp³-hybridized carbons (Fsp3) is 0.591. The second kappa shape index (κ2) is 4.76. The highest BCUT2D eigenvalue weighted by atomic mass is 16.5. The third-order valence-corrected chi connectivity index (χ3v) is 8.52. The Kier molecular flexibility index (Phi) is 2.66. The van der Waals surface area contributed by atoms with Crippen molar-refractivity contribution in [3.63, 3.8) is 0 Å². The Morgan fingerprint density at radius 2 is 2.26 bits per heavy atom. The van der Waals surface area contributed by atoms with Crippen molar-refractivity contribution in [1.29, 1.82) is 0 Å². The lowest BCUT2D eigenvalue weighted by Crippen LogP contribution is -2.69. The fourth-order valence-corrected chi connectivity index (χ4v) is 7.66. The molecule has 1 saturated carbocycles. The van der Waals surface area contributed by atoms with Gasteiger partial charge in [0.2, 0.25) is 5.91 Å². The maximum absolute atomic E-state index is 13.3. The highest BCUT2D eigenvalue weighted by Crippen LogP contribution is 2.65. The quantitative estimate of drug-likeness (QED) is 0.716. The Labute approximate surface area is 158 Å². The van der Waals surface area contributed by atoms with Gasteiger partial charge in [-0.15, -0.1) is 0 Å². The Morgan fingerprint density at radius 3 is 3.15 bits per heavy atom. The van der Waals surface area contributed by atoms with E-state index in [0.29, 0.717) is 30.9 Å². The summed E-state index contributed by atoms with van der Waals surface area (Å²) in [5, 5.41) is 0. The van der Waals surface area contributed by atoms with Gasteiger partial charge in [0, 0.05) is 29.6 Å². The molecule has 7 rings (SSSR count). The van der Waals surface area contributed by atoms with Gasteiger partial charge < -0.3 is 14.4 Å². The van der Waals surface area contributed by atoms with E-state index in [1.165, 1.54) is 12.0 Å². The first kappa shape index (κ1) is 15.1. The molecule has 0 N–H and O–H groups in total. The molecular weight excluding hydrogens is 340 g/mol. The van der Waals surface area contributed by atoms with Crippen LogP contribution in [0.4, 0.5) is 5.69 Å². The van der Waals surface area contributed by atoms with Crippen molar-refractivity contribution in [2.24, 2.45) is 11.8 Å². The zero-order valence-electron chi connectivity index (χ0n) is 15.6. The molecule has 0 radical (unpaired) electrons. The van der Waals surface area contributed by atoms with Crippen LogP contribution in [0, 0.1) is 11.8 Å². The predicted molar refractivity (Wildman–Crippen MR) is 100.0 cm³/mol. The minimum absolute atomic E-state index is 0.0403. The van der Waals surface area contributed by atoms with Gasteiger partial charge in [-0.1, -0.05) is 11.6 Å². The number of anilines is 1. The first-order valence-electron chi connectivity index (χ1n) is 10.3. The van der Waals surface area contributed by atoms with Crippen LogP contribution in [0.2, 0.25) is 0 Å². The van der Waals surface area contributed by atoms with E-state index in [1.807, 2.05) is 6.07 Å². The second-order valence-corrected chi connectivity index (χ2v) is 9.14. The molecule has 1 aromatic carbocycles. The van der Waals surface area contributed by atoms with E-state index in [9.17, 15) is 4.79 Å². The molecule has 6 aliphatic rings. The number of nitrogens with zero attached hydrogens (tertiary/aromatic N) is 2. The van der Waals surface area contributed by atoms with Crippen molar-refractivity contribution in [3.05, 3.63) is 35.4 Å². The summed E-state index contributed by atoms with van der Waals surface area (Å²) in [7, 11) is 1.73. The van der Waals surface area contributed by atoms with Crippen LogP contribution in [-0.4, -0.2) is 55.8 Å². The molecule has 4 fully saturated rings. The smallest absolute Gasteiger partial charge is 0.229 e. The minimum Gasteiger partial charge on any atom is -0.497 e. The maximum Gasteiger partial charge on any atom is 0.229 e. The summed E-state index contributed by atoms with van der Waals surface area (Å²) in [6.45, 7) is 2.88. The molecule has 140 valence electrons. The maximum atomic E-state index is 13.3. The summed E-state index contributed by atoms with van der Waals surface area (Å²) in [5.74, 6) is 2.14. The number of rotatable bonds is 1. The Hall–Kier alpha value is -1.85. The van der Waals surface area contributed by atoms with Gasteiger partial charge in [-0.25, -0.2) is 0 Å². The summed E-state index contributed by atoms with van der Waals surface area (Å²) in [6.07, 6.45) is 5.26. The number of methoxy groups -OCH3 is 1. The standard InChI is InChI=1S/C22H24N2O3/c1-26-13-2-3-16-15(8-13)22-5-6-23-11-12-4-7-27-17-10-19(25)24(16)21(22)20(17)14(12)9-18(22)23/h2-4,8,14,17-18,20-21H,5-7,9-11H2,1H3/t14-,17-,18+,20-,21-,22+/m0/s1. The number of piperidine rings is 2.